The molecule has 4 rings (SSSR count). The number of amides is 2. The SMILES string of the molecule is CCOc1cccc2cc(C(N)=O)/c(=N/c3sc4c(c3C(N)=O)CCCC4)oc12. The van der Waals surface area contributed by atoms with Gasteiger partial charge in [0.15, 0.2) is 11.3 Å². The maximum atomic E-state index is 12.1. The lowest BCUT2D eigenvalue weighted by Gasteiger charge is -2.10. The van der Waals surface area contributed by atoms with Crippen LogP contribution < -0.4 is 21.8 Å². The molecule has 1 aliphatic carbocycles. The fourth-order valence-corrected chi connectivity index (χ4v) is 4.89. The second kappa shape index (κ2) is 7.71. The van der Waals surface area contributed by atoms with Gasteiger partial charge in [-0.05, 0) is 50.3 Å². The van der Waals surface area contributed by atoms with E-state index in [1.165, 1.54) is 11.3 Å². The summed E-state index contributed by atoms with van der Waals surface area (Å²) in [6.45, 7) is 2.33. The number of fused-ring (bicyclic) bond motifs is 2. The number of aryl methyl sites for hydroxylation is 1. The topological polar surface area (TPSA) is 121 Å². The van der Waals surface area contributed by atoms with Crippen molar-refractivity contribution in [3.8, 4) is 5.75 Å². The van der Waals surface area contributed by atoms with E-state index in [0.29, 0.717) is 33.9 Å². The molecule has 1 aromatic carbocycles. The lowest BCUT2D eigenvalue weighted by molar-refractivity contribution is 0.0990. The van der Waals surface area contributed by atoms with Crippen LogP contribution in [0.4, 0.5) is 5.00 Å². The molecule has 150 valence electrons. The number of primary amides is 2. The molecule has 0 spiro atoms. The molecular weight excluding hydrogens is 390 g/mol. The summed E-state index contributed by atoms with van der Waals surface area (Å²) in [5.41, 5.74) is 13.2. The summed E-state index contributed by atoms with van der Waals surface area (Å²) in [4.78, 5) is 29.9. The van der Waals surface area contributed by atoms with Crippen LogP contribution in [0.25, 0.3) is 11.0 Å². The fourth-order valence-electron chi connectivity index (χ4n) is 3.63. The third kappa shape index (κ3) is 3.51. The average molecular weight is 411 g/mol. The quantitative estimate of drug-likeness (QED) is 0.669. The molecule has 0 unspecified atom stereocenters. The van der Waals surface area contributed by atoms with Crippen molar-refractivity contribution in [3.05, 3.63) is 51.4 Å². The van der Waals surface area contributed by atoms with Gasteiger partial charge in [-0.15, -0.1) is 11.3 Å². The number of carbonyl (C=O) groups excluding carboxylic acids is 2. The molecule has 0 radical (unpaired) electrons. The molecule has 0 saturated heterocycles. The van der Waals surface area contributed by atoms with Crippen molar-refractivity contribution < 1.29 is 18.7 Å². The van der Waals surface area contributed by atoms with Gasteiger partial charge in [-0.25, -0.2) is 4.99 Å². The van der Waals surface area contributed by atoms with Gasteiger partial charge >= 0.3 is 0 Å². The Labute approximate surface area is 171 Å². The fraction of sp³-hybridized carbons (Fsp3) is 0.286. The zero-order valence-corrected chi connectivity index (χ0v) is 16.8. The highest BCUT2D eigenvalue weighted by Gasteiger charge is 2.24. The lowest BCUT2D eigenvalue weighted by Crippen LogP contribution is -2.22. The van der Waals surface area contributed by atoms with Crippen LogP contribution in [0.1, 0.15) is 50.9 Å². The summed E-state index contributed by atoms with van der Waals surface area (Å²) in [5.74, 6) is -0.657. The highest BCUT2D eigenvalue weighted by Crippen LogP contribution is 2.39. The number of nitrogens with two attached hydrogens (primary N) is 2. The van der Waals surface area contributed by atoms with Crippen molar-refractivity contribution in [2.45, 2.75) is 32.6 Å². The molecular formula is C21H21N3O4S. The maximum absolute atomic E-state index is 12.1. The number of hydrogen-bond acceptors (Lipinski definition) is 6. The molecule has 0 saturated carbocycles. The predicted molar refractivity (Wildman–Crippen MR) is 111 cm³/mol. The normalized spacial score (nSPS) is 14.0. The number of benzene rings is 1. The lowest BCUT2D eigenvalue weighted by atomic mass is 9.95. The molecule has 2 aromatic heterocycles. The van der Waals surface area contributed by atoms with Crippen LogP contribution in [0.2, 0.25) is 0 Å². The minimum absolute atomic E-state index is 0.0400. The molecule has 2 heterocycles. The van der Waals surface area contributed by atoms with Gasteiger partial charge in [0.1, 0.15) is 10.6 Å². The van der Waals surface area contributed by atoms with Crippen LogP contribution in [0.15, 0.2) is 33.7 Å². The van der Waals surface area contributed by atoms with E-state index in [1.807, 2.05) is 13.0 Å². The molecule has 1 aliphatic rings. The molecule has 4 N–H and O–H groups in total. The second-order valence-electron chi connectivity index (χ2n) is 6.80. The van der Waals surface area contributed by atoms with Crippen molar-refractivity contribution in [1.82, 2.24) is 0 Å². The number of thiophene rings is 1. The van der Waals surface area contributed by atoms with Crippen molar-refractivity contribution in [1.29, 1.82) is 0 Å². The van der Waals surface area contributed by atoms with Crippen LogP contribution in [0.5, 0.6) is 5.75 Å². The molecule has 0 atom stereocenters. The van der Waals surface area contributed by atoms with Gasteiger partial charge in [0, 0.05) is 10.3 Å². The summed E-state index contributed by atoms with van der Waals surface area (Å²) in [6.07, 6.45) is 3.76. The van der Waals surface area contributed by atoms with Crippen LogP contribution >= 0.6 is 11.3 Å². The number of rotatable bonds is 5. The summed E-state index contributed by atoms with van der Waals surface area (Å²) < 4.78 is 11.6. The molecule has 0 fully saturated rings. The third-order valence-electron chi connectivity index (χ3n) is 4.91. The van der Waals surface area contributed by atoms with Crippen LogP contribution in [0.3, 0.4) is 0 Å². The van der Waals surface area contributed by atoms with E-state index in [-0.39, 0.29) is 11.1 Å². The minimum atomic E-state index is -0.668. The first-order chi connectivity index (χ1) is 14.0. The number of nitrogens with zero attached hydrogens (tertiary/aromatic N) is 1. The summed E-state index contributed by atoms with van der Waals surface area (Å²) >= 11 is 1.41. The van der Waals surface area contributed by atoms with Gasteiger partial charge in [-0.1, -0.05) is 12.1 Å². The Balaban J connectivity index is 2.00. The molecule has 2 amide bonds. The largest absolute Gasteiger partial charge is 0.490 e. The smallest absolute Gasteiger partial charge is 0.254 e. The van der Waals surface area contributed by atoms with Crippen LogP contribution in [-0.2, 0) is 12.8 Å². The maximum Gasteiger partial charge on any atom is 0.254 e. The van der Waals surface area contributed by atoms with Gasteiger partial charge < -0.3 is 20.6 Å². The Kier molecular flexibility index (Phi) is 5.10. The van der Waals surface area contributed by atoms with E-state index in [9.17, 15) is 9.59 Å². The third-order valence-corrected chi connectivity index (χ3v) is 6.09. The van der Waals surface area contributed by atoms with Gasteiger partial charge in [-0.2, -0.15) is 0 Å². The summed E-state index contributed by atoms with van der Waals surface area (Å²) in [7, 11) is 0. The first-order valence-electron chi connectivity index (χ1n) is 9.48. The Morgan fingerprint density at radius 3 is 2.72 bits per heavy atom. The zero-order valence-electron chi connectivity index (χ0n) is 16.0. The summed E-state index contributed by atoms with van der Waals surface area (Å²) in [5, 5.41) is 1.12. The van der Waals surface area contributed by atoms with Crippen molar-refractivity contribution >= 4 is 39.1 Å². The Bertz CT molecular complexity index is 1190. The second-order valence-corrected chi connectivity index (χ2v) is 7.89. The predicted octanol–water partition coefficient (Wildman–Crippen LogP) is 3.20. The number of carbonyl (C=O) groups is 2. The van der Waals surface area contributed by atoms with Gasteiger partial charge in [0.2, 0.25) is 5.55 Å². The van der Waals surface area contributed by atoms with Crippen LogP contribution in [0, 0.1) is 0 Å². The van der Waals surface area contributed by atoms with E-state index in [0.717, 1.165) is 36.1 Å². The van der Waals surface area contributed by atoms with E-state index < -0.39 is 11.8 Å². The number of para-hydroxylation sites is 1. The first kappa shape index (κ1) is 19.2. The zero-order chi connectivity index (χ0) is 20.5. The van der Waals surface area contributed by atoms with Gasteiger partial charge in [0.05, 0.1) is 12.2 Å². The van der Waals surface area contributed by atoms with Crippen molar-refractivity contribution in [2.75, 3.05) is 6.61 Å². The molecule has 0 bridgehead atoms. The molecule has 0 aliphatic heterocycles. The highest BCUT2D eigenvalue weighted by atomic mass is 32.1. The molecule has 7 nitrogen and oxygen atoms in total. The van der Waals surface area contributed by atoms with E-state index in [1.54, 1.807) is 18.2 Å². The van der Waals surface area contributed by atoms with Gasteiger partial charge in [0.25, 0.3) is 11.8 Å². The van der Waals surface area contributed by atoms with Gasteiger partial charge in [-0.3, -0.25) is 9.59 Å². The van der Waals surface area contributed by atoms with E-state index in [4.69, 9.17) is 20.6 Å². The Hall–Kier alpha value is -3.13. The first-order valence-corrected chi connectivity index (χ1v) is 10.3. The molecule has 3 aromatic rings. The molecule has 8 heteroatoms. The standard InChI is InChI=1S/C21H21N3O4S/c1-2-27-14-8-5-6-11-10-13(18(22)25)20(28-17(11)14)24-21-16(19(23)26)12-7-3-4-9-15(12)29-21/h5-6,8,10H,2-4,7,9H2,1H3,(H2,22,25)(H2,23,26)/b24-20-. The van der Waals surface area contributed by atoms with Crippen molar-refractivity contribution in [2.24, 2.45) is 16.5 Å². The summed E-state index contributed by atoms with van der Waals surface area (Å²) in [6, 6.07) is 7.01. The Morgan fingerprint density at radius 2 is 2.00 bits per heavy atom. The van der Waals surface area contributed by atoms with E-state index in [2.05, 4.69) is 4.99 Å². The number of hydrogen-bond donors (Lipinski definition) is 2. The van der Waals surface area contributed by atoms with E-state index >= 15 is 0 Å². The monoisotopic (exact) mass is 411 g/mol. The van der Waals surface area contributed by atoms with Crippen LogP contribution in [-0.4, -0.2) is 18.4 Å². The van der Waals surface area contributed by atoms with Crippen molar-refractivity contribution in [3.63, 3.8) is 0 Å². The number of ether oxygens (including phenoxy) is 1. The average Bonchev–Trinajstić information content (AvgIpc) is 3.06. The Morgan fingerprint density at radius 1 is 1.21 bits per heavy atom. The highest BCUT2D eigenvalue weighted by molar-refractivity contribution is 7.16. The minimum Gasteiger partial charge on any atom is -0.490 e. The molecule has 29 heavy (non-hydrogen) atoms.